The van der Waals surface area contributed by atoms with Gasteiger partial charge in [-0.05, 0) is 30.5 Å². The summed E-state index contributed by atoms with van der Waals surface area (Å²) < 4.78 is 0. The van der Waals surface area contributed by atoms with E-state index in [-0.39, 0.29) is 5.91 Å². The summed E-state index contributed by atoms with van der Waals surface area (Å²) in [5, 5.41) is 7.91. The van der Waals surface area contributed by atoms with Crippen LogP contribution in [-0.4, -0.2) is 27.0 Å². The minimum atomic E-state index is -0.0829. The average Bonchev–Trinajstić information content (AvgIpc) is 3.30. The molecule has 2 aromatic rings. The highest BCUT2D eigenvalue weighted by molar-refractivity contribution is 6.29. The molecule has 20 heavy (non-hydrogen) atoms. The van der Waals surface area contributed by atoms with E-state index in [4.69, 9.17) is 11.6 Å². The number of hydrogen-bond donors (Lipinski definition) is 0. The lowest BCUT2D eigenvalue weighted by Gasteiger charge is -2.22. The van der Waals surface area contributed by atoms with Crippen LogP contribution >= 0.6 is 11.6 Å². The number of amides is 1. The molecular formula is C15H14ClN3O. The van der Waals surface area contributed by atoms with Gasteiger partial charge in [0.25, 0.3) is 5.91 Å². The van der Waals surface area contributed by atoms with Crippen LogP contribution in [0.2, 0.25) is 5.15 Å². The van der Waals surface area contributed by atoms with Gasteiger partial charge in [0.2, 0.25) is 0 Å². The quantitative estimate of drug-likeness (QED) is 0.868. The van der Waals surface area contributed by atoms with E-state index in [1.165, 1.54) is 0 Å². The molecule has 0 unspecified atom stereocenters. The molecule has 0 saturated heterocycles. The summed E-state index contributed by atoms with van der Waals surface area (Å²) in [4.78, 5) is 14.4. The molecule has 1 fully saturated rings. The first-order chi connectivity index (χ1) is 9.74. The second kappa shape index (κ2) is 5.59. The first-order valence-electron chi connectivity index (χ1n) is 6.58. The maximum Gasteiger partial charge on any atom is 0.274 e. The SMILES string of the molecule is O=C(c1ccc(Cl)nn1)N(Cc1ccccc1)C1CC1. The Labute approximate surface area is 122 Å². The van der Waals surface area contributed by atoms with Crippen molar-refractivity contribution in [2.24, 2.45) is 0 Å². The molecule has 1 amide bonds. The molecule has 1 aliphatic rings. The van der Waals surface area contributed by atoms with Crippen molar-refractivity contribution in [2.45, 2.75) is 25.4 Å². The van der Waals surface area contributed by atoms with Crippen LogP contribution in [-0.2, 0) is 6.54 Å². The van der Waals surface area contributed by atoms with Gasteiger partial charge in [0.05, 0.1) is 0 Å². The van der Waals surface area contributed by atoms with Crippen molar-refractivity contribution in [1.29, 1.82) is 0 Å². The zero-order chi connectivity index (χ0) is 13.9. The Morgan fingerprint density at radius 2 is 1.90 bits per heavy atom. The molecular weight excluding hydrogens is 274 g/mol. The molecule has 0 N–H and O–H groups in total. The number of benzene rings is 1. The van der Waals surface area contributed by atoms with Gasteiger partial charge < -0.3 is 4.90 Å². The first kappa shape index (κ1) is 13.1. The number of carbonyl (C=O) groups is 1. The molecule has 4 nitrogen and oxygen atoms in total. The standard InChI is InChI=1S/C15H14ClN3O/c16-14-9-8-13(17-18-14)15(20)19(12-6-7-12)10-11-4-2-1-3-5-11/h1-5,8-9,12H,6-7,10H2. The molecule has 5 heteroatoms. The summed E-state index contributed by atoms with van der Waals surface area (Å²) in [5.74, 6) is -0.0829. The Balaban J connectivity index is 1.80. The Morgan fingerprint density at radius 3 is 2.50 bits per heavy atom. The van der Waals surface area contributed by atoms with Crippen LogP contribution in [0.4, 0.5) is 0 Å². The molecule has 1 saturated carbocycles. The zero-order valence-electron chi connectivity index (χ0n) is 10.9. The number of carbonyl (C=O) groups excluding carboxylic acids is 1. The maximum absolute atomic E-state index is 12.5. The minimum absolute atomic E-state index is 0.0829. The molecule has 0 radical (unpaired) electrons. The number of nitrogens with zero attached hydrogens (tertiary/aromatic N) is 3. The smallest absolute Gasteiger partial charge is 0.274 e. The van der Waals surface area contributed by atoms with Gasteiger partial charge in [0.15, 0.2) is 10.8 Å². The van der Waals surface area contributed by atoms with E-state index in [1.807, 2.05) is 35.2 Å². The van der Waals surface area contributed by atoms with Gasteiger partial charge in [0.1, 0.15) is 0 Å². The molecule has 0 bridgehead atoms. The minimum Gasteiger partial charge on any atom is -0.330 e. The van der Waals surface area contributed by atoms with Crippen molar-refractivity contribution >= 4 is 17.5 Å². The second-order valence-electron chi connectivity index (χ2n) is 4.89. The Morgan fingerprint density at radius 1 is 1.15 bits per heavy atom. The van der Waals surface area contributed by atoms with Gasteiger partial charge in [-0.1, -0.05) is 41.9 Å². The molecule has 0 aliphatic heterocycles. The predicted octanol–water partition coefficient (Wildman–Crippen LogP) is 2.93. The number of rotatable bonds is 4. The Kier molecular flexibility index (Phi) is 3.65. The predicted molar refractivity (Wildman–Crippen MR) is 76.4 cm³/mol. The van der Waals surface area contributed by atoms with E-state index in [1.54, 1.807) is 12.1 Å². The van der Waals surface area contributed by atoms with Gasteiger partial charge in [-0.3, -0.25) is 4.79 Å². The highest BCUT2D eigenvalue weighted by Gasteiger charge is 2.33. The third-order valence-corrected chi connectivity index (χ3v) is 3.50. The summed E-state index contributed by atoms with van der Waals surface area (Å²) in [6.45, 7) is 0.606. The van der Waals surface area contributed by atoms with E-state index >= 15 is 0 Å². The van der Waals surface area contributed by atoms with Crippen LogP contribution in [0.15, 0.2) is 42.5 Å². The average molecular weight is 288 g/mol. The van der Waals surface area contributed by atoms with E-state index in [0.717, 1.165) is 18.4 Å². The fraction of sp³-hybridized carbons (Fsp3) is 0.267. The lowest BCUT2D eigenvalue weighted by molar-refractivity contribution is 0.0722. The van der Waals surface area contributed by atoms with Crippen molar-refractivity contribution in [3.8, 4) is 0 Å². The van der Waals surface area contributed by atoms with Crippen molar-refractivity contribution in [3.63, 3.8) is 0 Å². The van der Waals surface area contributed by atoms with E-state index < -0.39 is 0 Å². The summed E-state index contributed by atoms with van der Waals surface area (Å²) >= 11 is 5.70. The van der Waals surface area contributed by atoms with Crippen LogP contribution in [0.5, 0.6) is 0 Å². The van der Waals surface area contributed by atoms with Crippen molar-refractivity contribution in [2.75, 3.05) is 0 Å². The van der Waals surface area contributed by atoms with Crippen LogP contribution in [0.25, 0.3) is 0 Å². The van der Waals surface area contributed by atoms with Gasteiger partial charge in [-0.25, -0.2) is 0 Å². The molecule has 1 aromatic carbocycles. The Bertz CT molecular complexity index is 596. The fourth-order valence-corrected chi connectivity index (χ4v) is 2.21. The summed E-state index contributed by atoms with van der Waals surface area (Å²) in [7, 11) is 0. The highest BCUT2D eigenvalue weighted by Crippen LogP contribution is 2.29. The molecule has 1 aliphatic carbocycles. The molecule has 102 valence electrons. The zero-order valence-corrected chi connectivity index (χ0v) is 11.6. The van der Waals surface area contributed by atoms with Gasteiger partial charge in [-0.2, -0.15) is 0 Å². The Hall–Kier alpha value is -1.94. The third kappa shape index (κ3) is 2.96. The lowest BCUT2D eigenvalue weighted by atomic mass is 10.2. The molecule has 0 spiro atoms. The van der Waals surface area contributed by atoms with Gasteiger partial charge >= 0.3 is 0 Å². The number of hydrogen-bond acceptors (Lipinski definition) is 3. The fourth-order valence-electron chi connectivity index (χ4n) is 2.11. The maximum atomic E-state index is 12.5. The second-order valence-corrected chi connectivity index (χ2v) is 5.28. The number of halogens is 1. The van der Waals surface area contributed by atoms with Crippen molar-refractivity contribution < 1.29 is 4.79 Å². The highest BCUT2D eigenvalue weighted by atomic mass is 35.5. The monoisotopic (exact) mass is 287 g/mol. The van der Waals surface area contributed by atoms with Crippen molar-refractivity contribution in [1.82, 2.24) is 15.1 Å². The van der Waals surface area contributed by atoms with Gasteiger partial charge in [0, 0.05) is 12.6 Å². The molecule has 1 heterocycles. The normalized spacial score (nSPS) is 14.1. The lowest BCUT2D eigenvalue weighted by Crippen LogP contribution is -2.33. The van der Waals surface area contributed by atoms with Crippen molar-refractivity contribution in [3.05, 3.63) is 58.9 Å². The molecule has 1 aromatic heterocycles. The topological polar surface area (TPSA) is 46.1 Å². The molecule has 3 rings (SSSR count). The summed E-state index contributed by atoms with van der Waals surface area (Å²) in [5.41, 5.74) is 1.46. The van der Waals surface area contributed by atoms with E-state index in [2.05, 4.69) is 10.2 Å². The summed E-state index contributed by atoms with van der Waals surface area (Å²) in [6.07, 6.45) is 2.11. The third-order valence-electron chi connectivity index (χ3n) is 3.30. The summed E-state index contributed by atoms with van der Waals surface area (Å²) in [6, 6.07) is 13.5. The van der Waals surface area contributed by atoms with Crippen LogP contribution < -0.4 is 0 Å². The van der Waals surface area contributed by atoms with Crippen LogP contribution in [0.1, 0.15) is 28.9 Å². The van der Waals surface area contributed by atoms with Gasteiger partial charge in [-0.15, -0.1) is 10.2 Å². The van der Waals surface area contributed by atoms with E-state index in [9.17, 15) is 4.79 Å². The van der Waals surface area contributed by atoms with Crippen LogP contribution in [0.3, 0.4) is 0 Å². The van der Waals surface area contributed by atoms with E-state index in [0.29, 0.717) is 23.4 Å². The van der Waals surface area contributed by atoms with Crippen LogP contribution in [0, 0.1) is 0 Å². The largest absolute Gasteiger partial charge is 0.330 e. The first-order valence-corrected chi connectivity index (χ1v) is 6.96. The number of aromatic nitrogens is 2. The molecule has 0 atom stereocenters.